The van der Waals surface area contributed by atoms with Gasteiger partial charge in [-0.2, -0.15) is 0 Å². The highest BCUT2D eigenvalue weighted by molar-refractivity contribution is 9.10. The lowest BCUT2D eigenvalue weighted by Crippen LogP contribution is -2.42. The van der Waals surface area contributed by atoms with E-state index in [1.54, 1.807) is 11.9 Å². The van der Waals surface area contributed by atoms with Gasteiger partial charge in [-0.15, -0.1) is 0 Å². The Morgan fingerprint density at radius 3 is 2.52 bits per heavy atom. The molecular formula is C17H24BrN3O2. The summed E-state index contributed by atoms with van der Waals surface area (Å²) in [6.45, 7) is 2.37. The number of halogens is 1. The van der Waals surface area contributed by atoms with Gasteiger partial charge in [0, 0.05) is 16.2 Å². The molecule has 1 fully saturated rings. The third-order valence-electron chi connectivity index (χ3n) is 4.01. The van der Waals surface area contributed by atoms with E-state index in [2.05, 4.69) is 26.6 Å². The zero-order valence-corrected chi connectivity index (χ0v) is 15.3. The number of benzene rings is 1. The Hall–Kier alpha value is -1.40. The van der Waals surface area contributed by atoms with Gasteiger partial charge in [-0.1, -0.05) is 28.8 Å². The normalized spacial score (nSPS) is 15.0. The Balaban J connectivity index is 1.76. The van der Waals surface area contributed by atoms with E-state index < -0.39 is 0 Å². The molecule has 1 aliphatic rings. The van der Waals surface area contributed by atoms with E-state index in [-0.39, 0.29) is 24.9 Å². The molecule has 2 N–H and O–H groups in total. The number of anilines is 1. The number of aryl methyl sites for hydroxylation is 1. The maximum atomic E-state index is 12.1. The lowest BCUT2D eigenvalue weighted by Gasteiger charge is -2.18. The summed E-state index contributed by atoms with van der Waals surface area (Å²) in [4.78, 5) is 25.8. The van der Waals surface area contributed by atoms with Crippen LogP contribution in [-0.2, 0) is 9.59 Å². The van der Waals surface area contributed by atoms with E-state index in [0.717, 1.165) is 28.6 Å². The van der Waals surface area contributed by atoms with Crippen LogP contribution in [0.5, 0.6) is 0 Å². The molecule has 1 aliphatic carbocycles. The van der Waals surface area contributed by atoms with Crippen molar-refractivity contribution in [1.82, 2.24) is 10.2 Å². The number of likely N-dealkylation sites (N-methyl/N-ethyl adjacent to an activating group) is 1. The second-order valence-corrected chi connectivity index (χ2v) is 7.14. The Morgan fingerprint density at radius 1 is 1.22 bits per heavy atom. The van der Waals surface area contributed by atoms with E-state index in [1.165, 1.54) is 12.8 Å². The van der Waals surface area contributed by atoms with Crippen molar-refractivity contribution >= 4 is 33.4 Å². The molecule has 0 heterocycles. The third kappa shape index (κ3) is 5.95. The molecule has 0 saturated heterocycles. The highest BCUT2D eigenvalue weighted by Gasteiger charge is 2.18. The smallest absolute Gasteiger partial charge is 0.238 e. The average molecular weight is 382 g/mol. The predicted molar refractivity (Wildman–Crippen MR) is 95.4 cm³/mol. The van der Waals surface area contributed by atoms with Crippen molar-refractivity contribution in [2.45, 2.75) is 38.6 Å². The molecule has 1 saturated carbocycles. The van der Waals surface area contributed by atoms with Gasteiger partial charge < -0.3 is 10.6 Å². The second kappa shape index (κ2) is 8.45. The maximum absolute atomic E-state index is 12.1. The van der Waals surface area contributed by atoms with Gasteiger partial charge in [-0.3, -0.25) is 14.5 Å². The van der Waals surface area contributed by atoms with E-state index >= 15 is 0 Å². The van der Waals surface area contributed by atoms with Crippen LogP contribution in [0.15, 0.2) is 22.7 Å². The Bertz CT molecular complexity index is 571. The van der Waals surface area contributed by atoms with Gasteiger partial charge in [0.1, 0.15) is 0 Å². The fourth-order valence-electron chi connectivity index (χ4n) is 2.85. The summed E-state index contributed by atoms with van der Waals surface area (Å²) in [5.41, 5.74) is 1.79. The first kappa shape index (κ1) is 17.9. The molecule has 0 aromatic heterocycles. The number of hydrogen-bond acceptors (Lipinski definition) is 3. The Morgan fingerprint density at radius 2 is 1.87 bits per heavy atom. The lowest BCUT2D eigenvalue weighted by molar-refractivity contribution is -0.123. The Labute approximate surface area is 145 Å². The van der Waals surface area contributed by atoms with Gasteiger partial charge >= 0.3 is 0 Å². The van der Waals surface area contributed by atoms with Crippen LogP contribution in [0.1, 0.15) is 31.2 Å². The first-order valence-electron chi connectivity index (χ1n) is 7.98. The van der Waals surface area contributed by atoms with Crippen LogP contribution in [0, 0.1) is 6.92 Å². The summed E-state index contributed by atoms with van der Waals surface area (Å²) >= 11 is 3.40. The molecule has 0 atom stereocenters. The van der Waals surface area contributed by atoms with Crippen molar-refractivity contribution in [3.8, 4) is 0 Å². The molecule has 0 radical (unpaired) electrons. The maximum Gasteiger partial charge on any atom is 0.238 e. The molecule has 1 aromatic carbocycles. The first-order valence-corrected chi connectivity index (χ1v) is 8.77. The van der Waals surface area contributed by atoms with E-state index in [1.807, 2.05) is 25.1 Å². The summed E-state index contributed by atoms with van der Waals surface area (Å²) in [6, 6.07) is 6.02. The van der Waals surface area contributed by atoms with Crippen LogP contribution in [0.3, 0.4) is 0 Å². The second-order valence-electron chi connectivity index (χ2n) is 6.23. The van der Waals surface area contributed by atoms with Gasteiger partial charge in [0.2, 0.25) is 11.8 Å². The molecule has 0 aliphatic heterocycles. The van der Waals surface area contributed by atoms with Crippen LogP contribution >= 0.6 is 15.9 Å². The van der Waals surface area contributed by atoms with Crippen molar-refractivity contribution in [3.05, 3.63) is 28.2 Å². The van der Waals surface area contributed by atoms with E-state index in [9.17, 15) is 9.59 Å². The topological polar surface area (TPSA) is 61.4 Å². The van der Waals surface area contributed by atoms with Crippen molar-refractivity contribution in [2.75, 3.05) is 25.5 Å². The number of carbonyl (C=O) groups excluding carboxylic acids is 2. The summed E-state index contributed by atoms with van der Waals surface area (Å²) in [6.07, 6.45) is 4.52. The zero-order chi connectivity index (χ0) is 16.8. The van der Waals surface area contributed by atoms with Gasteiger partial charge in [-0.25, -0.2) is 0 Å². The van der Waals surface area contributed by atoms with Crippen LogP contribution in [-0.4, -0.2) is 42.9 Å². The van der Waals surface area contributed by atoms with E-state index in [4.69, 9.17) is 0 Å². The standard InChI is InChI=1S/C17H24BrN3O2/c1-12-9-13(18)7-8-15(12)20-17(23)11-21(2)10-16(22)19-14-5-3-4-6-14/h7-9,14H,3-6,10-11H2,1-2H3,(H,19,22)(H,20,23). The van der Waals surface area contributed by atoms with Crippen molar-refractivity contribution in [3.63, 3.8) is 0 Å². The van der Waals surface area contributed by atoms with Crippen LogP contribution in [0.4, 0.5) is 5.69 Å². The van der Waals surface area contributed by atoms with Crippen molar-refractivity contribution < 1.29 is 9.59 Å². The molecule has 0 spiro atoms. The molecule has 1 aromatic rings. The van der Waals surface area contributed by atoms with Crippen LogP contribution < -0.4 is 10.6 Å². The summed E-state index contributed by atoms with van der Waals surface area (Å²) in [5.74, 6) is -0.126. The minimum atomic E-state index is -0.119. The van der Waals surface area contributed by atoms with Gasteiger partial charge in [-0.05, 0) is 50.6 Å². The minimum Gasteiger partial charge on any atom is -0.352 e. The highest BCUT2D eigenvalue weighted by Crippen LogP contribution is 2.20. The van der Waals surface area contributed by atoms with E-state index in [0.29, 0.717) is 6.04 Å². The molecule has 0 unspecified atom stereocenters. The fourth-order valence-corrected chi connectivity index (χ4v) is 3.32. The Kier molecular flexibility index (Phi) is 6.59. The average Bonchev–Trinajstić information content (AvgIpc) is 2.94. The van der Waals surface area contributed by atoms with Crippen LogP contribution in [0.2, 0.25) is 0 Å². The monoisotopic (exact) mass is 381 g/mol. The largest absolute Gasteiger partial charge is 0.352 e. The molecule has 2 amide bonds. The molecule has 2 rings (SSSR count). The van der Waals surface area contributed by atoms with Crippen molar-refractivity contribution in [2.24, 2.45) is 0 Å². The SMILES string of the molecule is Cc1cc(Br)ccc1NC(=O)CN(C)CC(=O)NC1CCCC1. The highest BCUT2D eigenvalue weighted by atomic mass is 79.9. The van der Waals surface area contributed by atoms with Gasteiger partial charge in [0.15, 0.2) is 0 Å². The molecule has 0 bridgehead atoms. The lowest BCUT2D eigenvalue weighted by atomic mass is 10.2. The first-order chi connectivity index (χ1) is 10.9. The number of amides is 2. The fraction of sp³-hybridized carbons (Fsp3) is 0.529. The number of rotatable bonds is 6. The molecule has 6 heteroatoms. The number of carbonyl (C=O) groups is 2. The van der Waals surface area contributed by atoms with Crippen LogP contribution in [0.25, 0.3) is 0 Å². The number of hydrogen-bond donors (Lipinski definition) is 2. The predicted octanol–water partition coefficient (Wildman–Crippen LogP) is 2.69. The number of nitrogens with one attached hydrogen (secondary N) is 2. The molecule has 126 valence electrons. The minimum absolute atomic E-state index is 0.00739. The third-order valence-corrected chi connectivity index (χ3v) is 4.50. The zero-order valence-electron chi connectivity index (χ0n) is 13.7. The molecular weight excluding hydrogens is 358 g/mol. The van der Waals surface area contributed by atoms with Crippen molar-refractivity contribution in [1.29, 1.82) is 0 Å². The molecule has 5 nitrogen and oxygen atoms in total. The summed E-state index contributed by atoms with van der Waals surface area (Å²) in [7, 11) is 1.78. The summed E-state index contributed by atoms with van der Waals surface area (Å²) < 4.78 is 0.980. The molecule has 23 heavy (non-hydrogen) atoms. The van der Waals surface area contributed by atoms with Gasteiger partial charge in [0.05, 0.1) is 13.1 Å². The number of nitrogens with zero attached hydrogens (tertiary/aromatic N) is 1. The summed E-state index contributed by atoms with van der Waals surface area (Å²) in [5, 5.41) is 5.91. The van der Waals surface area contributed by atoms with Gasteiger partial charge in [0.25, 0.3) is 0 Å². The quantitative estimate of drug-likeness (QED) is 0.795.